The Balaban J connectivity index is 1.23. The average Bonchev–Trinajstić information content (AvgIpc) is 3.58. The molecule has 0 fully saturated rings. The number of benzene rings is 3. The molecule has 0 aliphatic carbocycles. The number of sulfonamides is 1. The third-order valence-electron chi connectivity index (χ3n) is 6.74. The van der Waals surface area contributed by atoms with E-state index in [1.807, 2.05) is 60.1 Å². The minimum atomic E-state index is -3.82. The zero-order valence-electron chi connectivity index (χ0n) is 23.1. The molecule has 0 saturated carbocycles. The lowest BCUT2D eigenvalue weighted by Gasteiger charge is -2.05. The number of hydrogen-bond donors (Lipinski definition) is 2. The first-order chi connectivity index (χ1) is 20.3. The quantitative estimate of drug-likeness (QED) is 0.171. The first-order valence-corrected chi connectivity index (χ1v) is 14.5. The number of aryl methyl sites for hydroxylation is 1. The Bertz CT molecular complexity index is 2030. The van der Waals surface area contributed by atoms with Crippen LogP contribution in [0.1, 0.15) is 23.7 Å². The van der Waals surface area contributed by atoms with Crippen LogP contribution in [0.15, 0.2) is 99.6 Å². The summed E-state index contributed by atoms with van der Waals surface area (Å²) in [6, 6.07) is 23.7. The molecule has 11 nitrogen and oxygen atoms in total. The van der Waals surface area contributed by atoms with E-state index in [9.17, 15) is 8.42 Å². The molecule has 3 aromatic heterocycles. The Morgan fingerprint density at radius 1 is 1.05 bits per heavy atom. The van der Waals surface area contributed by atoms with Crippen LogP contribution in [0.2, 0.25) is 0 Å². The molecule has 0 atom stereocenters. The summed E-state index contributed by atoms with van der Waals surface area (Å²) in [5, 5.41) is 17.0. The molecule has 0 aliphatic rings. The van der Waals surface area contributed by atoms with Gasteiger partial charge in [0.2, 0.25) is 0 Å². The van der Waals surface area contributed by atoms with Crippen molar-refractivity contribution in [1.29, 1.82) is 0 Å². The highest BCUT2D eigenvalue weighted by Crippen LogP contribution is 2.28. The standard InChI is InChI=1S/C30H27N7O4S/c1-19-6-13-24(14-7-19)42(38,39)36-33-20(2)28-25-15-10-22(17-27(25)41-35-28)32-30-29-26(5-4-16-31-29)37(34-30)18-21-8-11-23(40-3)12-9-21/h4-17,36H,18H2,1-3H3,(H,32,34)/b33-20+. The summed E-state index contributed by atoms with van der Waals surface area (Å²) in [7, 11) is -2.18. The van der Waals surface area contributed by atoms with Crippen LogP contribution in [0.4, 0.5) is 11.5 Å². The smallest absolute Gasteiger partial charge is 0.276 e. The van der Waals surface area contributed by atoms with Gasteiger partial charge in [0.1, 0.15) is 17.0 Å². The molecule has 3 aromatic carbocycles. The first kappa shape index (κ1) is 27.0. The number of anilines is 2. The summed E-state index contributed by atoms with van der Waals surface area (Å²) in [5.74, 6) is 1.39. The minimum Gasteiger partial charge on any atom is -0.497 e. The number of hydrazone groups is 1. The van der Waals surface area contributed by atoms with Crippen LogP contribution >= 0.6 is 0 Å². The van der Waals surface area contributed by atoms with E-state index in [4.69, 9.17) is 14.4 Å². The van der Waals surface area contributed by atoms with Crippen molar-refractivity contribution >= 4 is 49.2 Å². The van der Waals surface area contributed by atoms with E-state index in [1.165, 1.54) is 12.1 Å². The van der Waals surface area contributed by atoms with Gasteiger partial charge in [-0.1, -0.05) is 35.0 Å². The highest BCUT2D eigenvalue weighted by atomic mass is 32.2. The fourth-order valence-electron chi connectivity index (χ4n) is 4.48. The molecule has 0 amide bonds. The van der Waals surface area contributed by atoms with Gasteiger partial charge in [-0.2, -0.15) is 23.4 Å². The molecule has 6 rings (SSSR count). The fraction of sp³-hybridized carbons (Fsp3) is 0.133. The summed E-state index contributed by atoms with van der Waals surface area (Å²) in [6.07, 6.45) is 1.73. The number of hydrogen-bond acceptors (Lipinski definition) is 9. The second-order valence-electron chi connectivity index (χ2n) is 9.70. The van der Waals surface area contributed by atoms with Crippen LogP contribution in [-0.2, 0) is 16.6 Å². The Hall–Kier alpha value is -5.23. The van der Waals surface area contributed by atoms with Crippen LogP contribution in [0, 0.1) is 6.92 Å². The minimum absolute atomic E-state index is 0.124. The molecular formula is C30H27N7O4S. The van der Waals surface area contributed by atoms with E-state index in [1.54, 1.807) is 38.4 Å². The molecule has 212 valence electrons. The maximum atomic E-state index is 12.6. The summed E-state index contributed by atoms with van der Waals surface area (Å²) < 4.78 is 38.0. The Kier molecular flexibility index (Phi) is 7.05. The molecule has 0 unspecified atom stereocenters. The maximum absolute atomic E-state index is 12.6. The molecular weight excluding hydrogens is 554 g/mol. The third kappa shape index (κ3) is 5.39. The van der Waals surface area contributed by atoms with Crippen molar-refractivity contribution in [2.45, 2.75) is 25.3 Å². The molecule has 2 N–H and O–H groups in total. The van der Waals surface area contributed by atoms with Crippen molar-refractivity contribution in [2.75, 3.05) is 12.4 Å². The average molecular weight is 582 g/mol. The Morgan fingerprint density at radius 2 is 1.83 bits per heavy atom. The molecule has 12 heteroatoms. The molecule has 42 heavy (non-hydrogen) atoms. The van der Waals surface area contributed by atoms with Gasteiger partial charge in [0.05, 0.1) is 35.2 Å². The molecule has 3 heterocycles. The second kappa shape index (κ2) is 11.0. The van der Waals surface area contributed by atoms with Crippen LogP contribution in [0.5, 0.6) is 5.75 Å². The van der Waals surface area contributed by atoms with Crippen LogP contribution in [0.3, 0.4) is 0 Å². The summed E-state index contributed by atoms with van der Waals surface area (Å²) in [4.78, 5) is 6.95. The summed E-state index contributed by atoms with van der Waals surface area (Å²) in [6.45, 7) is 4.11. The molecule has 0 bridgehead atoms. The van der Waals surface area contributed by atoms with E-state index < -0.39 is 10.0 Å². The monoisotopic (exact) mass is 581 g/mol. The van der Waals surface area contributed by atoms with Gasteiger partial charge < -0.3 is 14.6 Å². The highest BCUT2D eigenvalue weighted by Gasteiger charge is 2.17. The van der Waals surface area contributed by atoms with E-state index in [0.29, 0.717) is 34.7 Å². The number of rotatable bonds is 9. The number of pyridine rings is 1. The zero-order chi connectivity index (χ0) is 29.3. The van der Waals surface area contributed by atoms with Crippen molar-refractivity contribution in [3.05, 3.63) is 102 Å². The lowest BCUT2D eigenvalue weighted by atomic mass is 10.1. The summed E-state index contributed by atoms with van der Waals surface area (Å²) >= 11 is 0. The lowest BCUT2D eigenvalue weighted by Crippen LogP contribution is -2.20. The lowest BCUT2D eigenvalue weighted by molar-refractivity contribution is 0.414. The van der Waals surface area contributed by atoms with Gasteiger partial charge in [0.25, 0.3) is 10.0 Å². The normalized spacial score (nSPS) is 12.1. The zero-order valence-corrected chi connectivity index (χ0v) is 23.9. The highest BCUT2D eigenvalue weighted by molar-refractivity contribution is 7.89. The van der Waals surface area contributed by atoms with Crippen LogP contribution in [0.25, 0.3) is 22.0 Å². The maximum Gasteiger partial charge on any atom is 0.276 e. The Morgan fingerprint density at radius 3 is 2.60 bits per heavy atom. The second-order valence-corrected chi connectivity index (χ2v) is 11.4. The SMILES string of the molecule is COc1ccc(Cn2nc(Nc3ccc4c(/C(C)=N/NS(=O)(=O)c5ccc(C)cc5)noc4c3)c3ncccc32)cc1. The topological polar surface area (TPSA) is 137 Å². The number of fused-ring (bicyclic) bond motifs is 2. The molecule has 0 aliphatic heterocycles. The van der Waals surface area contributed by atoms with E-state index >= 15 is 0 Å². The van der Waals surface area contributed by atoms with Crippen molar-refractivity contribution in [3.63, 3.8) is 0 Å². The molecule has 0 saturated heterocycles. The number of nitrogens with zero attached hydrogens (tertiary/aromatic N) is 5. The van der Waals surface area contributed by atoms with Gasteiger partial charge in [0, 0.05) is 18.0 Å². The van der Waals surface area contributed by atoms with Crippen LogP contribution < -0.4 is 14.9 Å². The van der Waals surface area contributed by atoms with Gasteiger partial charge in [0.15, 0.2) is 11.4 Å². The third-order valence-corrected chi connectivity index (χ3v) is 7.97. The van der Waals surface area contributed by atoms with Crippen molar-refractivity contribution in [3.8, 4) is 5.75 Å². The van der Waals surface area contributed by atoms with Crippen LogP contribution in [-0.4, -0.2) is 41.2 Å². The van der Waals surface area contributed by atoms with Gasteiger partial charge in [-0.3, -0.25) is 9.67 Å². The van der Waals surface area contributed by atoms with Crippen molar-refractivity contribution in [2.24, 2.45) is 5.10 Å². The summed E-state index contributed by atoms with van der Waals surface area (Å²) in [5.41, 5.74) is 5.67. The van der Waals surface area contributed by atoms with Crippen molar-refractivity contribution < 1.29 is 17.7 Å². The van der Waals surface area contributed by atoms with Gasteiger partial charge in [-0.15, -0.1) is 0 Å². The molecule has 0 radical (unpaired) electrons. The largest absolute Gasteiger partial charge is 0.497 e. The fourth-order valence-corrected chi connectivity index (χ4v) is 5.34. The number of methoxy groups -OCH3 is 1. The molecule has 6 aromatic rings. The first-order valence-electron chi connectivity index (χ1n) is 13.0. The van der Waals surface area contributed by atoms with Crippen molar-refractivity contribution in [1.82, 2.24) is 24.8 Å². The van der Waals surface area contributed by atoms with Gasteiger partial charge in [-0.05, 0) is 67.9 Å². The van der Waals surface area contributed by atoms with E-state index in [0.717, 1.165) is 33.6 Å². The predicted octanol–water partition coefficient (Wildman–Crippen LogP) is 5.38. The van der Waals surface area contributed by atoms with E-state index in [-0.39, 0.29) is 4.90 Å². The molecule has 0 spiro atoms. The number of ether oxygens (including phenoxy) is 1. The predicted molar refractivity (Wildman–Crippen MR) is 161 cm³/mol. The number of aromatic nitrogens is 4. The van der Waals surface area contributed by atoms with Gasteiger partial charge in [-0.25, -0.2) is 0 Å². The number of nitrogens with one attached hydrogen (secondary N) is 2. The van der Waals surface area contributed by atoms with E-state index in [2.05, 4.69) is 25.4 Å². The Labute approximate surface area is 241 Å². The van der Waals surface area contributed by atoms with Gasteiger partial charge >= 0.3 is 0 Å².